The van der Waals surface area contributed by atoms with E-state index in [1.54, 1.807) is 18.9 Å². The molecule has 0 saturated carbocycles. The van der Waals surface area contributed by atoms with Crippen LogP contribution in [0.3, 0.4) is 0 Å². The lowest BCUT2D eigenvalue weighted by Gasteiger charge is -2.28. The first-order valence-corrected chi connectivity index (χ1v) is 9.17. The van der Waals surface area contributed by atoms with Gasteiger partial charge < -0.3 is 15.0 Å². The Morgan fingerprint density at radius 3 is 2.44 bits per heavy atom. The second-order valence-electron chi connectivity index (χ2n) is 6.67. The molecule has 2 amide bonds. The van der Waals surface area contributed by atoms with Crippen LogP contribution in [0.4, 0.5) is 0 Å². The minimum absolute atomic E-state index is 0.0972. The lowest BCUT2D eigenvalue weighted by Crippen LogP contribution is -2.49. The fourth-order valence-corrected chi connectivity index (χ4v) is 2.96. The van der Waals surface area contributed by atoms with Gasteiger partial charge in [-0.15, -0.1) is 0 Å². The third-order valence-corrected chi connectivity index (χ3v) is 4.58. The third kappa shape index (κ3) is 5.84. The van der Waals surface area contributed by atoms with E-state index in [1.165, 1.54) is 0 Å². The lowest BCUT2D eigenvalue weighted by atomic mass is 10.1. The van der Waals surface area contributed by atoms with Crippen molar-refractivity contribution in [3.05, 3.63) is 65.2 Å². The van der Waals surface area contributed by atoms with Crippen molar-refractivity contribution in [3.8, 4) is 5.75 Å². The first-order valence-electron chi connectivity index (χ1n) is 9.17. The van der Waals surface area contributed by atoms with Crippen LogP contribution in [-0.2, 0) is 16.0 Å². The average molecular weight is 368 g/mol. The molecule has 5 heteroatoms. The molecule has 0 aromatic heterocycles. The normalized spacial score (nSPS) is 11.6. The molecular formula is C22H28N2O3. The predicted octanol–water partition coefficient (Wildman–Crippen LogP) is 2.89. The zero-order valence-electron chi connectivity index (χ0n) is 16.5. The molecule has 1 atom stereocenters. The van der Waals surface area contributed by atoms with Gasteiger partial charge >= 0.3 is 0 Å². The number of amides is 2. The van der Waals surface area contributed by atoms with Crippen LogP contribution in [0, 0.1) is 13.8 Å². The van der Waals surface area contributed by atoms with E-state index in [-0.39, 0.29) is 18.4 Å². The number of hydrogen-bond donors (Lipinski definition) is 1. The monoisotopic (exact) mass is 368 g/mol. The molecule has 0 radical (unpaired) electrons. The first kappa shape index (κ1) is 20.5. The van der Waals surface area contributed by atoms with Crippen molar-refractivity contribution in [1.82, 2.24) is 10.2 Å². The van der Waals surface area contributed by atoms with E-state index < -0.39 is 6.04 Å². The number of likely N-dealkylation sites (N-methyl/N-ethyl adjacent to an activating group) is 1. The summed E-state index contributed by atoms with van der Waals surface area (Å²) in [7, 11) is 1.57. The van der Waals surface area contributed by atoms with Crippen LogP contribution in [0.25, 0.3) is 0 Å². The second-order valence-corrected chi connectivity index (χ2v) is 6.67. The minimum Gasteiger partial charge on any atom is -0.483 e. The van der Waals surface area contributed by atoms with Gasteiger partial charge in [-0.1, -0.05) is 48.0 Å². The molecule has 0 heterocycles. The number of rotatable bonds is 8. The SMILES string of the molecule is CNC(=O)C(C)N(CCc1ccccc1)C(=O)COc1ccc(C)cc1C. The summed E-state index contributed by atoms with van der Waals surface area (Å²) in [5, 5.41) is 2.61. The largest absolute Gasteiger partial charge is 0.483 e. The topological polar surface area (TPSA) is 58.6 Å². The molecule has 1 N–H and O–H groups in total. The summed E-state index contributed by atoms with van der Waals surface area (Å²) in [6, 6.07) is 15.2. The minimum atomic E-state index is -0.561. The number of carbonyl (C=O) groups is 2. The van der Waals surface area contributed by atoms with E-state index in [0.717, 1.165) is 16.7 Å². The molecule has 2 rings (SSSR count). The van der Waals surface area contributed by atoms with Crippen LogP contribution in [-0.4, -0.2) is 43.0 Å². The van der Waals surface area contributed by atoms with Crippen LogP contribution in [0.5, 0.6) is 5.75 Å². The Morgan fingerprint density at radius 1 is 1.11 bits per heavy atom. The van der Waals surface area contributed by atoms with Gasteiger partial charge in [0.05, 0.1) is 0 Å². The van der Waals surface area contributed by atoms with Gasteiger partial charge in [-0.3, -0.25) is 9.59 Å². The Morgan fingerprint density at radius 2 is 1.81 bits per heavy atom. The Balaban J connectivity index is 2.06. The number of hydrogen-bond acceptors (Lipinski definition) is 3. The van der Waals surface area contributed by atoms with E-state index >= 15 is 0 Å². The number of ether oxygens (including phenoxy) is 1. The van der Waals surface area contributed by atoms with Gasteiger partial charge in [0.15, 0.2) is 6.61 Å². The highest BCUT2D eigenvalue weighted by Crippen LogP contribution is 2.19. The van der Waals surface area contributed by atoms with Crippen LogP contribution in [0.15, 0.2) is 48.5 Å². The molecular weight excluding hydrogens is 340 g/mol. The molecule has 5 nitrogen and oxygen atoms in total. The van der Waals surface area contributed by atoms with Crippen LogP contribution in [0.1, 0.15) is 23.6 Å². The van der Waals surface area contributed by atoms with Crippen molar-refractivity contribution >= 4 is 11.8 Å². The molecule has 0 aliphatic carbocycles. The van der Waals surface area contributed by atoms with Gasteiger partial charge in [0.2, 0.25) is 5.91 Å². The molecule has 0 aliphatic rings. The fraction of sp³-hybridized carbons (Fsp3) is 0.364. The van der Waals surface area contributed by atoms with E-state index in [4.69, 9.17) is 4.74 Å². The lowest BCUT2D eigenvalue weighted by molar-refractivity contribution is -0.141. The van der Waals surface area contributed by atoms with E-state index in [0.29, 0.717) is 18.7 Å². The molecule has 1 unspecified atom stereocenters. The van der Waals surface area contributed by atoms with Crippen LogP contribution in [0.2, 0.25) is 0 Å². The first-order chi connectivity index (χ1) is 12.9. The highest BCUT2D eigenvalue weighted by atomic mass is 16.5. The van der Waals surface area contributed by atoms with E-state index in [2.05, 4.69) is 5.32 Å². The molecule has 0 fully saturated rings. The maximum absolute atomic E-state index is 12.8. The van der Waals surface area contributed by atoms with E-state index in [1.807, 2.05) is 62.4 Å². The molecule has 2 aromatic rings. The molecule has 144 valence electrons. The molecule has 0 bridgehead atoms. The Labute approximate surface area is 161 Å². The smallest absolute Gasteiger partial charge is 0.261 e. The summed E-state index contributed by atoms with van der Waals surface area (Å²) in [5.41, 5.74) is 3.25. The van der Waals surface area contributed by atoms with Gasteiger partial charge in [0.1, 0.15) is 11.8 Å². The van der Waals surface area contributed by atoms with Crippen molar-refractivity contribution < 1.29 is 14.3 Å². The maximum atomic E-state index is 12.8. The Kier molecular flexibility index (Phi) is 7.41. The molecule has 0 spiro atoms. The summed E-state index contributed by atoms with van der Waals surface area (Å²) in [5.74, 6) is 0.287. The average Bonchev–Trinajstić information content (AvgIpc) is 2.67. The zero-order valence-corrected chi connectivity index (χ0v) is 16.5. The quantitative estimate of drug-likeness (QED) is 0.779. The van der Waals surface area contributed by atoms with Gasteiger partial charge in [-0.2, -0.15) is 0 Å². The summed E-state index contributed by atoms with van der Waals surface area (Å²) in [6.07, 6.45) is 0.678. The maximum Gasteiger partial charge on any atom is 0.261 e. The molecule has 0 saturated heterocycles. The summed E-state index contributed by atoms with van der Waals surface area (Å²) in [6.45, 7) is 6.05. The number of nitrogens with one attached hydrogen (secondary N) is 1. The molecule has 0 aliphatic heterocycles. The third-order valence-electron chi connectivity index (χ3n) is 4.58. The number of carbonyl (C=O) groups excluding carboxylic acids is 2. The van der Waals surface area contributed by atoms with Crippen LogP contribution >= 0.6 is 0 Å². The zero-order chi connectivity index (χ0) is 19.8. The predicted molar refractivity (Wildman–Crippen MR) is 107 cm³/mol. The summed E-state index contributed by atoms with van der Waals surface area (Å²) >= 11 is 0. The Hall–Kier alpha value is -2.82. The van der Waals surface area contributed by atoms with Gasteiger partial charge in [-0.05, 0) is 44.4 Å². The van der Waals surface area contributed by atoms with Crippen LogP contribution < -0.4 is 10.1 Å². The van der Waals surface area contributed by atoms with Gasteiger partial charge in [0, 0.05) is 13.6 Å². The van der Waals surface area contributed by atoms with Crippen molar-refractivity contribution in [3.63, 3.8) is 0 Å². The van der Waals surface area contributed by atoms with Crippen molar-refractivity contribution in [2.75, 3.05) is 20.2 Å². The molecule has 2 aromatic carbocycles. The van der Waals surface area contributed by atoms with Gasteiger partial charge in [-0.25, -0.2) is 0 Å². The fourth-order valence-electron chi connectivity index (χ4n) is 2.96. The number of nitrogens with zero attached hydrogens (tertiary/aromatic N) is 1. The second kappa shape index (κ2) is 9.76. The van der Waals surface area contributed by atoms with E-state index in [9.17, 15) is 9.59 Å². The van der Waals surface area contributed by atoms with Gasteiger partial charge in [0.25, 0.3) is 5.91 Å². The Bertz CT molecular complexity index is 774. The standard InChI is InChI=1S/C22H28N2O3/c1-16-10-11-20(17(2)14-16)27-15-21(25)24(18(3)22(26)23-4)13-12-19-8-6-5-7-9-19/h5-11,14,18H,12-13,15H2,1-4H3,(H,23,26). The van der Waals surface area contributed by atoms with Crippen molar-refractivity contribution in [1.29, 1.82) is 0 Å². The summed E-state index contributed by atoms with van der Waals surface area (Å²) in [4.78, 5) is 26.5. The van der Waals surface area contributed by atoms with Crippen molar-refractivity contribution in [2.24, 2.45) is 0 Å². The summed E-state index contributed by atoms with van der Waals surface area (Å²) < 4.78 is 5.73. The number of aryl methyl sites for hydroxylation is 2. The van der Waals surface area contributed by atoms with Crippen molar-refractivity contribution in [2.45, 2.75) is 33.2 Å². The highest BCUT2D eigenvalue weighted by Gasteiger charge is 2.25. The molecule has 27 heavy (non-hydrogen) atoms. The number of benzene rings is 2. The highest BCUT2D eigenvalue weighted by molar-refractivity contribution is 5.87.